The SMILES string of the molecule is Cc1ccsc1CN1CCC(Nc2ccccc2)(C(=O)NC(C)C)CC1. The van der Waals surface area contributed by atoms with Gasteiger partial charge >= 0.3 is 0 Å². The Bertz CT molecular complexity index is 718. The number of hydrogen-bond donors (Lipinski definition) is 2. The average molecular weight is 372 g/mol. The number of hydrogen-bond acceptors (Lipinski definition) is 4. The molecule has 0 aliphatic carbocycles. The molecule has 26 heavy (non-hydrogen) atoms. The molecule has 4 nitrogen and oxygen atoms in total. The standard InChI is InChI=1S/C21H29N3OS/c1-16(2)22-20(25)21(23-18-7-5-4-6-8-18)10-12-24(13-11-21)15-19-17(3)9-14-26-19/h4-9,14,16,23H,10-13,15H2,1-3H3,(H,22,25). The van der Waals surface area contributed by atoms with Gasteiger partial charge in [-0.15, -0.1) is 11.3 Å². The molecule has 2 heterocycles. The van der Waals surface area contributed by atoms with Crippen LogP contribution in [0.2, 0.25) is 0 Å². The summed E-state index contributed by atoms with van der Waals surface area (Å²) in [6.07, 6.45) is 1.62. The number of carbonyl (C=O) groups excluding carboxylic acids is 1. The Morgan fingerprint density at radius 3 is 2.46 bits per heavy atom. The summed E-state index contributed by atoms with van der Waals surface area (Å²) in [6, 6.07) is 12.4. The van der Waals surface area contributed by atoms with Crippen molar-refractivity contribution in [3.63, 3.8) is 0 Å². The highest BCUT2D eigenvalue weighted by Crippen LogP contribution is 2.29. The average Bonchev–Trinajstić information content (AvgIpc) is 3.02. The lowest BCUT2D eigenvalue weighted by atomic mass is 9.85. The van der Waals surface area contributed by atoms with Crippen LogP contribution in [0.4, 0.5) is 5.69 Å². The van der Waals surface area contributed by atoms with Gasteiger partial charge in [-0.25, -0.2) is 0 Å². The largest absolute Gasteiger partial charge is 0.371 e. The highest BCUT2D eigenvalue weighted by atomic mass is 32.1. The molecule has 0 bridgehead atoms. The molecule has 0 spiro atoms. The maximum atomic E-state index is 13.0. The molecule has 0 saturated carbocycles. The Morgan fingerprint density at radius 1 is 1.19 bits per heavy atom. The summed E-state index contributed by atoms with van der Waals surface area (Å²) >= 11 is 1.82. The number of amides is 1. The number of aryl methyl sites for hydroxylation is 1. The Kier molecular flexibility index (Phi) is 5.99. The first-order chi connectivity index (χ1) is 12.5. The zero-order valence-corrected chi connectivity index (χ0v) is 16.7. The van der Waals surface area contributed by atoms with E-state index in [-0.39, 0.29) is 11.9 Å². The fraction of sp³-hybridized carbons (Fsp3) is 0.476. The third-order valence-corrected chi connectivity index (χ3v) is 6.06. The van der Waals surface area contributed by atoms with Crippen LogP contribution in [0.3, 0.4) is 0 Å². The van der Waals surface area contributed by atoms with Gasteiger partial charge in [0.05, 0.1) is 0 Å². The Balaban J connectivity index is 1.71. The van der Waals surface area contributed by atoms with Crippen LogP contribution in [0, 0.1) is 6.92 Å². The predicted molar refractivity (Wildman–Crippen MR) is 110 cm³/mol. The lowest BCUT2D eigenvalue weighted by Crippen LogP contribution is -2.59. The van der Waals surface area contributed by atoms with Gasteiger partial charge in [0.2, 0.25) is 5.91 Å². The molecule has 140 valence electrons. The smallest absolute Gasteiger partial charge is 0.245 e. The monoisotopic (exact) mass is 371 g/mol. The van der Waals surface area contributed by atoms with Crippen molar-refractivity contribution in [1.29, 1.82) is 0 Å². The van der Waals surface area contributed by atoms with Gasteiger partial charge in [-0.05, 0) is 62.8 Å². The predicted octanol–water partition coefficient (Wildman–Crippen LogP) is 4.03. The molecule has 1 aromatic carbocycles. The summed E-state index contributed by atoms with van der Waals surface area (Å²) in [5, 5.41) is 8.84. The van der Waals surface area contributed by atoms with Crippen LogP contribution in [-0.4, -0.2) is 35.5 Å². The van der Waals surface area contributed by atoms with E-state index >= 15 is 0 Å². The molecule has 5 heteroatoms. The van der Waals surface area contributed by atoms with Gasteiger partial charge in [0.1, 0.15) is 5.54 Å². The van der Waals surface area contributed by atoms with Crippen molar-refractivity contribution in [2.75, 3.05) is 18.4 Å². The molecule has 1 aromatic heterocycles. The van der Waals surface area contributed by atoms with Crippen LogP contribution in [0.25, 0.3) is 0 Å². The molecular formula is C21H29N3OS. The van der Waals surface area contributed by atoms with Crippen molar-refractivity contribution in [2.24, 2.45) is 0 Å². The van der Waals surface area contributed by atoms with E-state index in [1.807, 2.05) is 55.5 Å². The summed E-state index contributed by atoms with van der Waals surface area (Å²) in [7, 11) is 0. The first-order valence-corrected chi connectivity index (χ1v) is 10.3. The van der Waals surface area contributed by atoms with Crippen LogP contribution < -0.4 is 10.6 Å². The second kappa shape index (κ2) is 8.23. The van der Waals surface area contributed by atoms with E-state index in [0.29, 0.717) is 0 Å². The molecule has 1 fully saturated rings. The van der Waals surface area contributed by atoms with Crippen LogP contribution in [0.15, 0.2) is 41.8 Å². The van der Waals surface area contributed by atoms with E-state index in [9.17, 15) is 4.79 Å². The van der Waals surface area contributed by atoms with Crippen LogP contribution in [0.5, 0.6) is 0 Å². The number of anilines is 1. The van der Waals surface area contributed by atoms with E-state index in [4.69, 9.17) is 0 Å². The van der Waals surface area contributed by atoms with E-state index in [2.05, 4.69) is 33.9 Å². The normalized spacial score (nSPS) is 17.2. The van der Waals surface area contributed by atoms with Gasteiger partial charge in [0.15, 0.2) is 0 Å². The fourth-order valence-corrected chi connectivity index (χ4v) is 4.42. The Hall–Kier alpha value is -1.85. The Morgan fingerprint density at radius 2 is 1.88 bits per heavy atom. The van der Waals surface area contributed by atoms with Gasteiger partial charge in [0, 0.05) is 36.2 Å². The highest BCUT2D eigenvalue weighted by molar-refractivity contribution is 7.10. The van der Waals surface area contributed by atoms with E-state index in [0.717, 1.165) is 38.2 Å². The second-order valence-electron chi connectivity index (χ2n) is 7.50. The molecule has 0 atom stereocenters. The summed E-state index contributed by atoms with van der Waals surface area (Å²) in [5.74, 6) is 0.114. The van der Waals surface area contributed by atoms with Crippen LogP contribution in [-0.2, 0) is 11.3 Å². The minimum atomic E-state index is -0.535. The van der Waals surface area contributed by atoms with Gasteiger partial charge in [-0.2, -0.15) is 0 Å². The molecule has 1 amide bonds. The van der Waals surface area contributed by atoms with Crippen LogP contribution >= 0.6 is 11.3 Å². The molecule has 2 N–H and O–H groups in total. The lowest BCUT2D eigenvalue weighted by Gasteiger charge is -2.42. The first-order valence-electron chi connectivity index (χ1n) is 9.38. The number of nitrogens with one attached hydrogen (secondary N) is 2. The van der Waals surface area contributed by atoms with Crippen molar-refractivity contribution < 1.29 is 4.79 Å². The minimum absolute atomic E-state index is 0.114. The van der Waals surface area contributed by atoms with Crippen molar-refractivity contribution in [3.05, 3.63) is 52.2 Å². The third-order valence-electron chi connectivity index (χ3n) is 5.06. The summed E-state index contributed by atoms with van der Waals surface area (Å²) in [5.41, 5.74) is 1.84. The molecule has 0 radical (unpaired) electrons. The third kappa shape index (κ3) is 4.46. The molecule has 1 aliphatic heterocycles. The van der Waals surface area contributed by atoms with Crippen molar-refractivity contribution in [2.45, 2.75) is 51.7 Å². The van der Waals surface area contributed by atoms with Crippen LogP contribution in [0.1, 0.15) is 37.1 Å². The second-order valence-corrected chi connectivity index (χ2v) is 8.50. The first kappa shape index (κ1) is 18.9. The lowest BCUT2D eigenvalue weighted by molar-refractivity contribution is -0.127. The zero-order valence-electron chi connectivity index (χ0n) is 15.9. The van der Waals surface area contributed by atoms with Crippen molar-refractivity contribution in [1.82, 2.24) is 10.2 Å². The van der Waals surface area contributed by atoms with E-state index < -0.39 is 5.54 Å². The highest BCUT2D eigenvalue weighted by Gasteiger charge is 2.41. The molecular weight excluding hydrogens is 342 g/mol. The topological polar surface area (TPSA) is 44.4 Å². The number of nitrogens with zero attached hydrogens (tertiary/aromatic N) is 1. The quantitative estimate of drug-likeness (QED) is 0.806. The number of benzene rings is 1. The maximum Gasteiger partial charge on any atom is 0.245 e. The maximum absolute atomic E-state index is 13.0. The Labute approximate surface area is 160 Å². The van der Waals surface area contributed by atoms with Gasteiger partial charge in [-0.3, -0.25) is 9.69 Å². The van der Waals surface area contributed by atoms with Gasteiger partial charge in [-0.1, -0.05) is 18.2 Å². The summed E-state index contributed by atoms with van der Waals surface area (Å²) in [4.78, 5) is 16.9. The van der Waals surface area contributed by atoms with Crippen molar-refractivity contribution >= 4 is 22.9 Å². The van der Waals surface area contributed by atoms with E-state index in [1.54, 1.807) is 0 Å². The molecule has 0 unspecified atom stereocenters. The number of likely N-dealkylation sites (tertiary alicyclic amines) is 1. The van der Waals surface area contributed by atoms with E-state index in [1.165, 1.54) is 10.4 Å². The van der Waals surface area contributed by atoms with Gasteiger partial charge < -0.3 is 10.6 Å². The molecule has 1 aliphatic rings. The molecule has 2 aromatic rings. The fourth-order valence-electron chi connectivity index (χ4n) is 3.47. The number of thiophene rings is 1. The summed E-state index contributed by atoms with van der Waals surface area (Å²) < 4.78 is 0. The zero-order chi connectivity index (χ0) is 18.6. The molecule has 1 saturated heterocycles. The van der Waals surface area contributed by atoms with Crippen molar-refractivity contribution in [3.8, 4) is 0 Å². The number of para-hydroxylation sites is 1. The minimum Gasteiger partial charge on any atom is -0.371 e. The summed E-state index contributed by atoms with van der Waals surface area (Å²) in [6.45, 7) is 9.03. The number of piperidine rings is 1. The number of carbonyl (C=O) groups is 1. The molecule has 3 rings (SSSR count). The van der Waals surface area contributed by atoms with Gasteiger partial charge in [0.25, 0.3) is 0 Å². The number of rotatable bonds is 6.